The number of ether oxygens (including phenoxy) is 2. The Kier molecular flexibility index (Phi) is 5.55. The predicted octanol–water partition coefficient (Wildman–Crippen LogP) is 1.23. The quantitative estimate of drug-likeness (QED) is 0.566. The first-order valence-corrected chi connectivity index (χ1v) is 10.8. The Morgan fingerprint density at radius 1 is 1.16 bits per heavy atom. The predicted molar refractivity (Wildman–Crippen MR) is 119 cm³/mol. The second-order valence-electron chi connectivity index (χ2n) is 7.13. The molecule has 1 aromatic carbocycles. The van der Waals surface area contributed by atoms with Crippen LogP contribution in [0, 0.1) is 0 Å². The summed E-state index contributed by atoms with van der Waals surface area (Å²) in [4.78, 5) is 34.0. The van der Waals surface area contributed by atoms with Crippen molar-refractivity contribution in [1.82, 2.24) is 23.9 Å². The summed E-state index contributed by atoms with van der Waals surface area (Å²) in [5.74, 6) is 1.04. The van der Waals surface area contributed by atoms with Crippen molar-refractivity contribution in [3.05, 3.63) is 50.2 Å². The van der Waals surface area contributed by atoms with Gasteiger partial charge in [0.1, 0.15) is 17.1 Å². The Morgan fingerprint density at radius 2 is 1.91 bits per heavy atom. The van der Waals surface area contributed by atoms with E-state index >= 15 is 0 Å². The summed E-state index contributed by atoms with van der Waals surface area (Å²) >= 11 is 1.36. The zero-order valence-corrected chi connectivity index (χ0v) is 19.0. The van der Waals surface area contributed by atoms with Crippen LogP contribution in [-0.4, -0.2) is 55.2 Å². The van der Waals surface area contributed by atoms with Gasteiger partial charge in [0.2, 0.25) is 17.0 Å². The zero-order chi connectivity index (χ0) is 23.2. The molecule has 0 radical (unpaired) electrons. The van der Waals surface area contributed by atoms with Gasteiger partial charge >= 0.3 is 5.69 Å². The number of benzene rings is 1. The maximum Gasteiger partial charge on any atom is 0.333 e. The average Bonchev–Trinajstić information content (AvgIpc) is 3.24. The minimum absolute atomic E-state index is 0.0490. The second kappa shape index (κ2) is 8.19. The molecular weight excluding hydrogens is 436 g/mol. The van der Waals surface area contributed by atoms with Crippen molar-refractivity contribution in [3.63, 3.8) is 0 Å². The summed E-state index contributed by atoms with van der Waals surface area (Å²) in [6.45, 7) is 0. The Bertz CT molecular complexity index is 1360. The van der Waals surface area contributed by atoms with E-state index in [0.29, 0.717) is 22.4 Å². The Morgan fingerprint density at radius 3 is 2.56 bits per heavy atom. The van der Waals surface area contributed by atoms with Crippen molar-refractivity contribution < 1.29 is 14.6 Å². The molecule has 3 aromatic rings. The number of fused-ring (bicyclic) bond motifs is 1. The topological polar surface area (TPSA) is 126 Å². The van der Waals surface area contributed by atoms with Crippen molar-refractivity contribution in [3.8, 4) is 17.4 Å². The van der Waals surface area contributed by atoms with E-state index in [1.165, 1.54) is 25.9 Å². The van der Waals surface area contributed by atoms with Gasteiger partial charge in [0.25, 0.3) is 5.56 Å². The van der Waals surface area contributed by atoms with Crippen LogP contribution in [0.15, 0.2) is 37.9 Å². The maximum atomic E-state index is 12.9. The molecule has 0 aliphatic carbocycles. The lowest BCUT2D eigenvalue weighted by molar-refractivity contribution is 0.383. The molecule has 0 saturated heterocycles. The lowest BCUT2D eigenvalue weighted by atomic mass is 9.96. The fourth-order valence-corrected chi connectivity index (χ4v) is 4.03. The highest BCUT2D eigenvalue weighted by atomic mass is 32.2. The molecule has 168 valence electrons. The molecule has 4 rings (SSSR count). The van der Waals surface area contributed by atoms with Gasteiger partial charge in [-0.05, 0) is 18.4 Å². The number of aliphatic imine (C=N–C) groups is 1. The summed E-state index contributed by atoms with van der Waals surface area (Å²) in [7, 11) is 5.87. The van der Waals surface area contributed by atoms with Crippen LogP contribution in [-0.2, 0) is 14.1 Å². The molecule has 1 N–H and O–H groups in total. The minimum atomic E-state index is -0.636. The van der Waals surface area contributed by atoms with E-state index < -0.39 is 23.2 Å². The van der Waals surface area contributed by atoms with Gasteiger partial charge in [-0.2, -0.15) is 4.98 Å². The molecule has 0 fully saturated rings. The third-order valence-electron chi connectivity index (χ3n) is 5.42. The van der Waals surface area contributed by atoms with E-state index in [2.05, 4.69) is 15.1 Å². The SMILES string of the molecule is COc1ccc([C@H]2CC(c3c(O)n(C)c(=O)n(C)c3=O)=Nc3nc(SC)nn32)c(OC)c1. The fourth-order valence-electron chi connectivity index (χ4n) is 3.68. The Balaban J connectivity index is 1.95. The van der Waals surface area contributed by atoms with Crippen LogP contribution >= 0.6 is 11.8 Å². The Hall–Kier alpha value is -3.54. The lowest BCUT2D eigenvalue weighted by Crippen LogP contribution is -2.40. The first kappa shape index (κ1) is 21.7. The van der Waals surface area contributed by atoms with Gasteiger partial charge in [-0.3, -0.25) is 13.9 Å². The van der Waals surface area contributed by atoms with E-state index in [1.807, 2.05) is 12.3 Å². The largest absolute Gasteiger partial charge is 0.497 e. The Labute approximate surface area is 187 Å². The van der Waals surface area contributed by atoms with Gasteiger partial charge in [0.05, 0.1) is 26.0 Å². The van der Waals surface area contributed by atoms with Crippen molar-refractivity contribution in [2.75, 3.05) is 20.5 Å². The number of aromatic nitrogens is 5. The smallest absolute Gasteiger partial charge is 0.333 e. The van der Waals surface area contributed by atoms with Crippen LogP contribution in [0.4, 0.5) is 5.95 Å². The first-order chi connectivity index (χ1) is 15.3. The molecule has 32 heavy (non-hydrogen) atoms. The van der Waals surface area contributed by atoms with E-state index in [9.17, 15) is 14.7 Å². The molecule has 0 saturated carbocycles. The number of nitrogens with zero attached hydrogens (tertiary/aromatic N) is 6. The third-order valence-corrected chi connectivity index (χ3v) is 5.95. The summed E-state index contributed by atoms with van der Waals surface area (Å²) in [5, 5.41) is 15.7. The molecule has 3 heterocycles. The zero-order valence-electron chi connectivity index (χ0n) is 18.2. The molecule has 1 aliphatic rings. The molecule has 0 spiro atoms. The molecule has 1 aliphatic heterocycles. The molecule has 0 bridgehead atoms. The number of hydrogen-bond donors (Lipinski definition) is 1. The highest BCUT2D eigenvalue weighted by molar-refractivity contribution is 7.98. The minimum Gasteiger partial charge on any atom is -0.497 e. The van der Waals surface area contributed by atoms with Crippen LogP contribution in [0.5, 0.6) is 17.4 Å². The van der Waals surface area contributed by atoms with Crippen LogP contribution < -0.4 is 20.7 Å². The average molecular weight is 459 g/mol. The molecule has 11 nitrogen and oxygen atoms in total. The first-order valence-electron chi connectivity index (χ1n) is 9.60. The van der Waals surface area contributed by atoms with E-state index in [0.717, 1.165) is 14.7 Å². The van der Waals surface area contributed by atoms with Gasteiger partial charge in [-0.1, -0.05) is 11.8 Å². The molecular formula is C20H22N6O5S. The molecule has 1 atom stereocenters. The molecule has 0 unspecified atom stereocenters. The number of thioether (sulfide) groups is 1. The van der Waals surface area contributed by atoms with Crippen LogP contribution in [0.2, 0.25) is 0 Å². The maximum absolute atomic E-state index is 12.9. The summed E-state index contributed by atoms with van der Waals surface area (Å²) in [6, 6.07) is 5.00. The number of rotatable bonds is 5. The molecule has 2 aromatic heterocycles. The van der Waals surface area contributed by atoms with Crippen molar-refractivity contribution in [1.29, 1.82) is 0 Å². The van der Waals surface area contributed by atoms with Crippen LogP contribution in [0.25, 0.3) is 0 Å². The standard InChI is InChI=1S/C20H22N6O5S/c1-24-16(27)15(17(28)25(2)20(24)29)12-9-13(26-18(21-12)22-19(23-26)32-5)11-7-6-10(30-3)8-14(11)31-4/h6-8,13,27H,9H2,1-5H3/t13-/m1/s1. The van der Waals surface area contributed by atoms with Gasteiger partial charge in [-0.15, -0.1) is 5.10 Å². The van der Waals surface area contributed by atoms with Crippen LogP contribution in [0.1, 0.15) is 23.6 Å². The highest BCUT2D eigenvalue weighted by Gasteiger charge is 2.32. The van der Waals surface area contributed by atoms with E-state index in [4.69, 9.17) is 9.47 Å². The van der Waals surface area contributed by atoms with Gasteiger partial charge in [-0.25, -0.2) is 14.5 Å². The highest BCUT2D eigenvalue weighted by Crippen LogP contribution is 2.39. The van der Waals surface area contributed by atoms with Gasteiger partial charge in [0.15, 0.2) is 0 Å². The lowest BCUT2D eigenvalue weighted by Gasteiger charge is -2.25. The fraction of sp³-hybridized carbons (Fsp3) is 0.350. The monoisotopic (exact) mass is 458 g/mol. The van der Waals surface area contributed by atoms with Crippen molar-refractivity contribution in [2.45, 2.75) is 17.6 Å². The van der Waals surface area contributed by atoms with Crippen LogP contribution in [0.3, 0.4) is 0 Å². The summed E-state index contributed by atoms with van der Waals surface area (Å²) in [6.07, 6.45) is 2.07. The molecule has 12 heteroatoms. The van der Waals surface area contributed by atoms with E-state index in [-0.39, 0.29) is 17.9 Å². The summed E-state index contributed by atoms with van der Waals surface area (Å²) in [5.41, 5.74) is -0.237. The molecule has 0 amide bonds. The summed E-state index contributed by atoms with van der Waals surface area (Å²) < 4.78 is 14.5. The normalized spacial score (nSPS) is 15.3. The number of methoxy groups -OCH3 is 2. The second-order valence-corrected chi connectivity index (χ2v) is 7.91. The van der Waals surface area contributed by atoms with Crippen molar-refractivity contribution >= 4 is 23.4 Å². The number of hydrogen-bond acceptors (Lipinski definition) is 9. The van der Waals surface area contributed by atoms with Gasteiger partial charge in [0, 0.05) is 32.1 Å². The van der Waals surface area contributed by atoms with E-state index in [1.54, 1.807) is 31.0 Å². The third kappa shape index (κ3) is 3.36. The van der Waals surface area contributed by atoms with Gasteiger partial charge < -0.3 is 14.6 Å². The van der Waals surface area contributed by atoms with Crippen molar-refractivity contribution in [2.24, 2.45) is 19.1 Å². The number of aromatic hydroxyl groups is 1.